The summed E-state index contributed by atoms with van der Waals surface area (Å²) in [5.41, 5.74) is 1.28. The van der Waals surface area contributed by atoms with Crippen molar-refractivity contribution < 1.29 is 13.2 Å². The van der Waals surface area contributed by atoms with E-state index in [1.807, 2.05) is 24.3 Å². The SMILES string of the molecule is CC(=O)Nc1nc(C)c(S(=O)(=O)N2CCN(Cc3nc(NCCCN(C)C)c4ccccc4n3)CC2)s1. The molecule has 1 aromatic carbocycles. The Morgan fingerprint density at radius 2 is 1.84 bits per heavy atom. The second-order valence-electron chi connectivity index (χ2n) is 9.34. The van der Waals surface area contributed by atoms with Crippen molar-refractivity contribution in [3.05, 3.63) is 35.8 Å². The summed E-state index contributed by atoms with van der Waals surface area (Å²) in [6, 6.07) is 7.97. The number of aryl methyl sites for hydroxylation is 1. The molecule has 0 unspecified atom stereocenters. The number of amides is 1. The monoisotopic (exact) mass is 546 g/mol. The predicted molar refractivity (Wildman–Crippen MR) is 146 cm³/mol. The molecule has 3 heterocycles. The molecule has 1 fully saturated rings. The summed E-state index contributed by atoms with van der Waals surface area (Å²) in [5, 5.41) is 7.32. The van der Waals surface area contributed by atoms with Crippen molar-refractivity contribution in [2.45, 2.75) is 31.0 Å². The molecule has 11 nitrogen and oxygen atoms in total. The molecular weight excluding hydrogens is 512 g/mol. The van der Waals surface area contributed by atoms with Gasteiger partial charge in [0.2, 0.25) is 5.91 Å². The van der Waals surface area contributed by atoms with Gasteiger partial charge in [-0.1, -0.05) is 23.5 Å². The molecule has 13 heteroatoms. The highest BCUT2D eigenvalue weighted by atomic mass is 32.2. The van der Waals surface area contributed by atoms with Gasteiger partial charge in [-0.2, -0.15) is 4.31 Å². The number of hydrogen-bond acceptors (Lipinski definition) is 10. The van der Waals surface area contributed by atoms with Crippen molar-refractivity contribution in [1.29, 1.82) is 0 Å². The molecule has 0 saturated carbocycles. The van der Waals surface area contributed by atoms with Crippen molar-refractivity contribution in [2.24, 2.45) is 0 Å². The van der Waals surface area contributed by atoms with E-state index in [-0.39, 0.29) is 10.1 Å². The third-order valence-corrected chi connectivity index (χ3v) is 9.59. The number of carbonyl (C=O) groups excluding carboxylic acids is 1. The van der Waals surface area contributed by atoms with Crippen molar-refractivity contribution in [3.8, 4) is 0 Å². The average Bonchev–Trinajstić information content (AvgIpc) is 3.22. The van der Waals surface area contributed by atoms with E-state index in [0.717, 1.165) is 47.6 Å². The van der Waals surface area contributed by atoms with Gasteiger partial charge in [0, 0.05) is 45.0 Å². The molecule has 0 atom stereocenters. The van der Waals surface area contributed by atoms with Crippen LogP contribution >= 0.6 is 11.3 Å². The number of thiazole rings is 1. The Bertz CT molecular complexity index is 1350. The van der Waals surface area contributed by atoms with Gasteiger partial charge in [0.25, 0.3) is 10.0 Å². The first kappa shape index (κ1) is 27.3. The van der Waals surface area contributed by atoms with Crippen molar-refractivity contribution in [3.63, 3.8) is 0 Å². The standard InChI is InChI=1S/C24H34N8O3S2/c1-17-23(36-24(26-17)27-18(2)33)37(34,35)32-14-12-31(13-15-32)16-21-28-20-9-6-5-8-19(20)22(29-21)25-10-7-11-30(3)4/h5-6,8-9H,7,10-16H2,1-4H3,(H,25,28,29)(H,26,27,33). The van der Waals surface area contributed by atoms with Crippen LogP contribution in [0, 0.1) is 6.92 Å². The molecule has 0 aliphatic carbocycles. The van der Waals surface area contributed by atoms with Crippen LogP contribution in [0.4, 0.5) is 10.9 Å². The molecule has 2 aromatic heterocycles. The van der Waals surface area contributed by atoms with E-state index < -0.39 is 10.0 Å². The summed E-state index contributed by atoms with van der Waals surface area (Å²) in [6.07, 6.45) is 1.00. The van der Waals surface area contributed by atoms with Crippen LogP contribution in [0.1, 0.15) is 24.9 Å². The van der Waals surface area contributed by atoms with Crippen LogP contribution in [0.25, 0.3) is 10.9 Å². The van der Waals surface area contributed by atoms with Crippen LogP contribution in [0.15, 0.2) is 28.5 Å². The number of anilines is 2. The number of sulfonamides is 1. The summed E-state index contributed by atoms with van der Waals surface area (Å²) >= 11 is 0.988. The highest BCUT2D eigenvalue weighted by Gasteiger charge is 2.32. The third-order valence-electron chi connectivity index (χ3n) is 6.03. The first-order valence-electron chi connectivity index (χ1n) is 12.3. The van der Waals surface area contributed by atoms with E-state index in [1.54, 1.807) is 6.92 Å². The Kier molecular flexibility index (Phi) is 8.70. The predicted octanol–water partition coefficient (Wildman–Crippen LogP) is 2.22. The quantitative estimate of drug-likeness (QED) is 0.368. The minimum Gasteiger partial charge on any atom is -0.369 e. The molecule has 4 rings (SSSR count). The second-order valence-corrected chi connectivity index (χ2v) is 12.5. The molecule has 1 aliphatic heterocycles. The summed E-state index contributed by atoms with van der Waals surface area (Å²) in [5.74, 6) is 1.26. The Hall–Kier alpha value is -2.71. The van der Waals surface area contributed by atoms with Crippen molar-refractivity contribution in [2.75, 3.05) is 64.0 Å². The molecule has 37 heavy (non-hydrogen) atoms. The van der Waals surface area contributed by atoms with E-state index in [1.165, 1.54) is 11.2 Å². The zero-order valence-electron chi connectivity index (χ0n) is 21.7. The molecule has 1 saturated heterocycles. The van der Waals surface area contributed by atoms with Gasteiger partial charge >= 0.3 is 0 Å². The van der Waals surface area contributed by atoms with E-state index in [2.05, 4.69) is 39.5 Å². The number of benzene rings is 1. The first-order valence-corrected chi connectivity index (χ1v) is 14.5. The van der Waals surface area contributed by atoms with Gasteiger partial charge in [-0.05, 0) is 46.1 Å². The Morgan fingerprint density at radius 1 is 1.11 bits per heavy atom. The van der Waals surface area contributed by atoms with Gasteiger partial charge in [0.1, 0.15) is 11.6 Å². The number of piperazine rings is 1. The maximum atomic E-state index is 13.3. The zero-order chi connectivity index (χ0) is 26.6. The summed E-state index contributed by atoms with van der Waals surface area (Å²) in [6.45, 7) is 7.21. The lowest BCUT2D eigenvalue weighted by Crippen LogP contribution is -2.48. The van der Waals surface area contributed by atoms with Gasteiger partial charge in [0.15, 0.2) is 9.34 Å². The number of nitrogens with one attached hydrogen (secondary N) is 2. The van der Waals surface area contributed by atoms with Crippen LogP contribution in [-0.4, -0.2) is 96.7 Å². The Balaban J connectivity index is 1.42. The smallest absolute Gasteiger partial charge is 0.254 e. The Labute approximate surface area is 222 Å². The molecule has 1 amide bonds. The number of fused-ring (bicyclic) bond motifs is 1. The van der Waals surface area contributed by atoms with E-state index in [9.17, 15) is 13.2 Å². The fourth-order valence-electron chi connectivity index (χ4n) is 4.20. The molecular formula is C24H34N8O3S2. The fraction of sp³-hybridized carbons (Fsp3) is 0.500. The van der Waals surface area contributed by atoms with E-state index >= 15 is 0 Å². The number of rotatable bonds is 10. The number of para-hydroxylation sites is 1. The van der Waals surface area contributed by atoms with Crippen LogP contribution < -0.4 is 10.6 Å². The van der Waals surface area contributed by atoms with Gasteiger partial charge < -0.3 is 15.5 Å². The molecule has 0 bridgehead atoms. The normalized spacial score (nSPS) is 15.4. The van der Waals surface area contributed by atoms with Gasteiger partial charge in [-0.3, -0.25) is 9.69 Å². The van der Waals surface area contributed by atoms with Gasteiger partial charge in [-0.25, -0.2) is 23.4 Å². The van der Waals surface area contributed by atoms with Crippen LogP contribution in [0.5, 0.6) is 0 Å². The second kappa shape index (κ2) is 11.8. The summed E-state index contributed by atoms with van der Waals surface area (Å²) in [7, 11) is 0.429. The lowest BCUT2D eigenvalue weighted by atomic mass is 10.2. The molecule has 0 spiro atoms. The van der Waals surface area contributed by atoms with Crippen LogP contribution in [-0.2, 0) is 21.4 Å². The minimum absolute atomic E-state index is 0.174. The molecule has 1 aliphatic rings. The molecule has 3 aromatic rings. The molecule has 200 valence electrons. The summed E-state index contributed by atoms with van der Waals surface area (Å²) < 4.78 is 28.2. The van der Waals surface area contributed by atoms with Crippen molar-refractivity contribution >= 4 is 49.1 Å². The average molecular weight is 547 g/mol. The van der Waals surface area contributed by atoms with Gasteiger partial charge in [-0.15, -0.1) is 0 Å². The molecule has 0 radical (unpaired) electrons. The number of nitrogens with zero attached hydrogens (tertiary/aromatic N) is 6. The topological polar surface area (TPSA) is 124 Å². The number of hydrogen-bond donors (Lipinski definition) is 2. The fourth-order valence-corrected chi connectivity index (χ4v) is 7.22. The van der Waals surface area contributed by atoms with E-state index in [0.29, 0.717) is 49.4 Å². The zero-order valence-corrected chi connectivity index (χ0v) is 23.3. The lowest BCUT2D eigenvalue weighted by Gasteiger charge is -2.33. The first-order chi connectivity index (χ1) is 17.6. The highest BCUT2D eigenvalue weighted by molar-refractivity contribution is 7.91. The highest BCUT2D eigenvalue weighted by Crippen LogP contribution is 2.30. The largest absolute Gasteiger partial charge is 0.369 e. The maximum Gasteiger partial charge on any atom is 0.254 e. The molecule has 2 N–H and O–H groups in total. The van der Waals surface area contributed by atoms with Crippen LogP contribution in [0.2, 0.25) is 0 Å². The third kappa shape index (κ3) is 6.79. The number of carbonyl (C=O) groups is 1. The number of aromatic nitrogens is 3. The Morgan fingerprint density at radius 3 is 2.54 bits per heavy atom. The van der Waals surface area contributed by atoms with Crippen molar-refractivity contribution in [1.82, 2.24) is 29.1 Å². The van der Waals surface area contributed by atoms with Gasteiger partial charge in [0.05, 0.1) is 17.8 Å². The van der Waals surface area contributed by atoms with Crippen LogP contribution in [0.3, 0.4) is 0 Å². The minimum atomic E-state index is -3.69. The lowest BCUT2D eigenvalue weighted by molar-refractivity contribution is -0.114. The summed E-state index contributed by atoms with van der Waals surface area (Å²) in [4.78, 5) is 29.4. The maximum absolute atomic E-state index is 13.3. The van der Waals surface area contributed by atoms with E-state index in [4.69, 9.17) is 9.97 Å².